The van der Waals surface area contributed by atoms with Crippen molar-refractivity contribution >= 4 is 18.4 Å². The molecule has 0 radical (unpaired) electrons. The number of rotatable bonds is 4. The molecule has 3 fully saturated rings. The maximum absolute atomic E-state index is 12.2. The second-order valence-electron chi connectivity index (χ2n) is 7.58. The minimum atomic E-state index is -0.00718. The van der Waals surface area contributed by atoms with Crippen LogP contribution in [0.3, 0.4) is 0 Å². The largest absolute Gasteiger partial charge is 0.468 e. The van der Waals surface area contributed by atoms with E-state index in [0.29, 0.717) is 5.92 Å². The van der Waals surface area contributed by atoms with Crippen LogP contribution < -0.4 is 5.32 Å². The van der Waals surface area contributed by atoms with Crippen molar-refractivity contribution in [1.82, 2.24) is 10.2 Å². The highest BCUT2D eigenvalue weighted by Crippen LogP contribution is 2.38. The van der Waals surface area contributed by atoms with Gasteiger partial charge in [0.1, 0.15) is 6.04 Å². The molecular formula is C18H33ClN2O2. The standard InChI is InChI=1S/C18H32N2O2.ClH/c1-22-18(21)17-11-16(15-5-3-2-4-6-15)13-20(17)12-14-7-9-19-10-8-14;/h14-17,19H,2-13H2,1H3;1H. The molecule has 2 unspecified atom stereocenters. The number of carbonyl (C=O) groups is 1. The first-order valence-electron chi connectivity index (χ1n) is 9.30. The molecular weight excluding hydrogens is 312 g/mol. The third-order valence-corrected chi connectivity index (χ3v) is 6.18. The molecule has 3 rings (SSSR count). The maximum atomic E-state index is 12.2. The van der Waals surface area contributed by atoms with Crippen molar-refractivity contribution in [2.24, 2.45) is 17.8 Å². The molecule has 5 heteroatoms. The van der Waals surface area contributed by atoms with Gasteiger partial charge in [0.05, 0.1) is 7.11 Å². The molecule has 0 spiro atoms. The van der Waals surface area contributed by atoms with Crippen molar-refractivity contribution in [3.05, 3.63) is 0 Å². The van der Waals surface area contributed by atoms with Crippen LogP contribution in [0.5, 0.6) is 0 Å². The Morgan fingerprint density at radius 1 is 1.09 bits per heavy atom. The molecule has 23 heavy (non-hydrogen) atoms. The van der Waals surface area contributed by atoms with Gasteiger partial charge in [-0.1, -0.05) is 32.1 Å². The number of halogens is 1. The molecule has 0 aromatic rings. The van der Waals surface area contributed by atoms with Gasteiger partial charge in [0.25, 0.3) is 0 Å². The van der Waals surface area contributed by atoms with E-state index in [9.17, 15) is 4.79 Å². The lowest BCUT2D eigenvalue weighted by Crippen LogP contribution is -2.42. The van der Waals surface area contributed by atoms with Crippen LogP contribution >= 0.6 is 12.4 Å². The predicted octanol–water partition coefficient (Wildman–Crippen LogP) is 2.85. The van der Waals surface area contributed by atoms with Gasteiger partial charge in [-0.05, 0) is 50.1 Å². The molecule has 0 aromatic heterocycles. The summed E-state index contributed by atoms with van der Waals surface area (Å²) in [6, 6.07) is 0.0202. The van der Waals surface area contributed by atoms with Gasteiger partial charge in [-0.2, -0.15) is 0 Å². The molecule has 3 aliphatic rings. The Morgan fingerprint density at radius 3 is 2.43 bits per heavy atom. The molecule has 1 N–H and O–H groups in total. The fourth-order valence-corrected chi connectivity index (χ4v) is 4.86. The summed E-state index contributed by atoms with van der Waals surface area (Å²) in [6.07, 6.45) is 10.5. The van der Waals surface area contributed by atoms with E-state index in [-0.39, 0.29) is 24.4 Å². The summed E-state index contributed by atoms with van der Waals surface area (Å²) in [7, 11) is 1.54. The second kappa shape index (κ2) is 9.24. The van der Waals surface area contributed by atoms with E-state index in [0.717, 1.165) is 44.4 Å². The lowest BCUT2D eigenvalue weighted by atomic mass is 9.79. The lowest BCUT2D eigenvalue weighted by molar-refractivity contribution is -0.146. The average molecular weight is 345 g/mol. The molecule has 2 heterocycles. The van der Waals surface area contributed by atoms with Gasteiger partial charge in [0.2, 0.25) is 0 Å². The van der Waals surface area contributed by atoms with E-state index in [2.05, 4.69) is 10.2 Å². The molecule has 2 aliphatic heterocycles. The SMILES string of the molecule is COC(=O)C1CC(C2CCCCC2)CN1CC1CCNCC1.Cl. The Labute approximate surface area is 147 Å². The highest BCUT2D eigenvalue weighted by atomic mass is 35.5. The van der Waals surface area contributed by atoms with E-state index >= 15 is 0 Å². The van der Waals surface area contributed by atoms with Crippen molar-refractivity contribution in [2.45, 2.75) is 57.4 Å². The van der Waals surface area contributed by atoms with Gasteiger partial charge < -0.3 is 10.1 Å². The minimum absolute atomic E-state index is 0. The van der Waals surface area contributed by atoms with E-state index in [1.54, 1.807) is 7.11 Å². The molecule has 134 valence electrons. The van der Waals surface area contributed by atoms with Crippen molar-refractivity contribution in [2.75, 3.05) is 33.3 Å². The van der Waals surface area contributed by atoms with Crippen molar-refractivity contribution in [3.63, 3.8) is 0 Å². The van der Waals surface area contributed by atoms with Crippen LogP contribution in [0.2, 0.25) is 0 Å². The van der Waals surface area contributed by atoms with Crippen LogP contribution in [0.4, 0.5) is 0 Å². The molecule has 0 amide bonds. The quantitative estimate of drug-likeness (QED) is 0.796. The summed E-state index contributed by atoms with van der Waals surface area (Å²) in [5.41, 5.74) is 0. The summed E-state index contributed by atoms with van der Waals surface area (Å²) in [5, 5.41) is 3.44. The van der Waals surface area contributed by atoms with Crippen LogP contribution in [-0.4, -0.2) is 50.2 Å². The third kappa shape index (κ3) is 4.83. The van der Waals surface area contributed by atoms with E-state index < -0.39 is 0 Å². The first-order chi connectivity index (χ1) is 10.8. The van der Waals surface area contributed by atoms with Crippen LogP contribution in [0, 0.1) is 17.8 Å². The van der Waals surface area contributed by atoms with Gasteiger partial charge in [-0.25, -0.2) is 0 Å². The number of piperidine rings is 1. The van der Waals surface area contributed by atoms with Crippen LogP contribution in [-0.2, 0) is 9.53 Å². The lowest BCUT2D eigenvalue weighted by Gasteiger charge is -2.30. The zero-order valence-electron chi connectivity index (χ0n) is 14.5. The number of hydrogen-bond donors (Lipinski definition) is 1. The molecule has 2 atom stereocenters. The number of nitrogens with zero attached hydrogens (tertiary/aromatic N) is 1. The highest BCUT2D eigenvalue weighted by molar-refractivity contribution is 5.85. The van der Waals surface area contributed by atoms with Crippen molar-refractivity contribution in [3.8, 4) is 0 Å². The maximum Gasteiger partial charge on any atom is 0.323 e. The number of likely N-dealkylation sites (tertiary alicyclic amines) is 1. The fourth-order valence-electron chi connectivity index (χ4n) is 4.86. The molecule has 1 saturated carbocycles. The van der Waals surface area contributed by atoms with Crippen molar-refractivity contribution < 1.29 is 9.53 Å². The summed E-state index contributed by atoms with van der Waals surface area (Å²) in [4.78, 5) is 14.7. The Bertz CT molecular complexity index is 368. The average Bonchev–Trinajstić information content (AvgIpc) is 3.00. The monoisotopic (exact) mass is 344 g/mol. The first kappa shape index (κ1) is 19.0. The van der Waals surface area contributed by atoms with Crippen LogP contribution in [0.25, 0.3) is 0 Å². The van der Waals surface area contributed by atoms with Crippen LogP contribution in [0.15, 0.2) is 0 Å². The van der Waals surface area contributed by atoms with Gasteiger partial charge in [0, 0.05) is 13.1 Å². The molecule has 0 bridgehead atoms. The van der Waals surface area contributed by atoms with E-state index in [4.69, 9.17) is 4.74 Å². The van der Waals surface area contributed by atoms with E-state index in [1.165, 1.54) is 44.9 Å². The molecule has 2 saturated heterocycles. The van der Waals surface area contributed by atoms with Crippen LogP contribution in [0.1, 0.15) is 51.4 Å². The van der Waals surface area contributed by atoms with Gasteiger partial charge in [-0.15, -0.1) is 12.4 Å². The Hall–Kier alpha value is -0.320. The zero-order chi connectivity index (χ0) is 15.4. The van der Waals surface area contributed by atoms with Gasteiger partial charge >= 0.3 is 5.97 Å². The van der Waals surface area contributed by atoms with Crippen molar-refractivity contribution in [1.29, 1.82) is 0 Å². The molecule has 4 nitrogen and oxygen atoms in total. The highest BCUT2D eigenvalue weighted by Gasteiger charge is 2.41. The van der Waals surface area contributed by atoms with E-state index in [1.807, 2.05) is 0 Å². The fraction of sp³-hybridized carbons (Fsp3) is 0.944. The first-order valence-corrected chi connectivity index (χ1v) is 9.30. The Kier molecular flexibility index (Phi) is 7.64. The van der Waals surface area contributed by atoms with Gasteiger partial charge in [0.15, 0.2) is 0 Å². The number of methoxy groups -OCH3 is 1. The smallest absolute Gasteiger partial charge is 0.323 e. The Balaban J connectivity index is 0.00000192. The number of esters is 1. The topological polar surface area (TPSA) is 41.6 Å². The Morgan fingerprint density at radius 2 is 1.78 bits per heavy atom. The number of nitrogens with one attached hydrogen (secondary N) is 1. The number of hydrogen-bond acceptors (Lipinski definition) is 4. The summed E-state index contributed by atoms with van der Waals surface area (Å²) >= 11 is 0. The third-order valence-electron chi connectivity index (χ3n) is 6.18. The minimum Gasteiger partial charge on any atom is -0.468 e. The molecule has 1 aliphatic carbocycles. The van der Waals surface area contributed by atoms with Gasteiger partial charge in [-0.3, -0.25) is 9.69 Å². The molecule has 0 aromatic carbocycles. The number of carbonyl (C=O) groups excluding carboxylic acids is 1. The summed E-state index contributed by atoms with van der Waals surface area (Å²) in [5.74, 6) is 2.30. The summed E-state index contributed by atoms with van der Waals surface area (Å²) < 4.78 is 5.10. The second-order valence-corrected chi connectivity index (χ2v) is 7.58. The normalized spacial score (nSPS) is 30.8. The number of ether oxygens (including phenoxy) is 1. The zero-order valence-corrected chi connectivity index (χ0v) is 15.3. The predicted molar refractivity (Wildman–Crippen MR) is 94.9 cm³/mol. The summed E-state index contributed by atoms with van der Waals surface area (Å²) in [6.45, 7) is 4.47.